The fourth-order valence-corrected chi connectivity index (χ4v) is 2.82. The Labute approximate surface area is 112 Å². The van der Waals surface area contributed by atoms with Gasteiger partial charge in [0.15, 0.2) is 0 Å². The molecular weight excluding hydrogens is 226 g/mol. The Morgan fingerprint density at radius 3 is 2.39 bits per heavy atom. The number of carbonyl (C=O) groups is 1. The van der Waals surface area contributed by atoms with E-state index in [2.05, 4.69) is 25.8 Å². The fourth-order valence-electron chi connectivity index (χ4n) is 2.82. The molecule has 0 saturated heterocycles. The molecule has 1 aliphatic carbocycles. The van der Waals surface area contributed by atoms with E-state index in [4.69, 9.17) is 5.11 Å². The van der Waals surface area contributed by atoms with E-state index >= 15 is 0 Å². The summed E-state index contributed by atoms with van der Waals surface area (Å²) in [6, 6.07) is 0.748. The van der Waals surface area contributed by atoms with Crippen molar-refractivity contribution in [2.45, 2.75) is 71.3 Å². The molecule has 1 fully saturated rings. The van der Waals surface area contributed by atoms with E-state index in [-0.39, 0.29) is 0 Å². The van der Waals surface area contributed by atoms with Crippen LogP contribution in [0.25, 0.3) is 0 Å². The summed E-state index contributed by atoms with van der Waals surface area (Å²) in [5.74, 6) is -0.669. The van der Waals surface area contributed by atoms with E-state index in [0.29, 0.717) is 11.8 Å². The van der Waals surface area contributed by atoms with Gasteiger partial charge in [-0.3, -0.25) is 4.79 Å². The number of carboxylic acid groups (broad SMARTS) is 1. The maximum absolute atomic E-state index is 10.4. The van der Waals surface area contributed by atoms with Gasteiger partial charge in [-0.05, 0) is 57.5 Å². The van der Waals surface area contributed by atoms with Crippen molar-refractivity contribution in [2.24, 2.45) is 5.41 Å². The molecule has 0 heterocycles. The fraction of sp³-hybridized carbons (Fsp3) is 0.933. The second-order valence-electron chi connectivity index (χ2n) is 6.58. The summed E-state index contributed by atoms with van der Waals surface area (Å²) >= 11 is 0. The van der Waals surface area contributed by atoms with E-state index in [0.717, 1.165) is 31.8 Å². The van der Waals surface area contributed by atoms with Crippen LogP contribution >= 0.6 is 0 Å². The van der Waals surface area contributed by atoms with E-state index in [9.17, 15) is 4.79 Å². The predicted molar refractivity (Wildman–Crippen MR) is 74.8 cm³/mol. The van der Waals surface area contributed by atoms with Crippen LogP contribution in [0.15, 0.2) is 0 Å². The first kappa shape index (κ1) is 15.5. The zero-order valence-corrected chi connectivity index (χ0v) is 12.2. The Kier molecular flexibility index (Phi) is 6.13. The van der Waals surface area contributed by atoms with Crippen LogP contribution in [0.5, 0.6) is 0 Å². The quantitative estimate of drug-likeness (QED) is 0.707. The first-order valence-corrected chi connectivity index (χ1v) is 7.33. The van der Waals surface area contributed by atoms with Gasteiger partial charge < -0.3 is 10.0 Å². The van der Waals surface area contributed by atoms with Gasteiger partial charge in [0.1, 0.15) is 0 Å². The largest absolute Gasteiger partial charge is 0.481 e. The first-order valence-electron chi connectivity index (χ1n) is 7.33. The topological polar surface area (TPSA) is 40.5 Å². The molecule has 1 rings (SSSR count). The number of unbranched alkanes of at least 4 members (excludes halogenated alkanes) is 2. The van der Waals surface area contributed by atoms with E-state index in [1.807, 2.05) is 0 Å². The maximum Gasteiger partial charge on any atom is 0.303 e. The Balaban J connectivity index is 2.10. The molecule has 1 aliphatic rings. The van der Waals surface area contributed by atoms with Crippen LogP contribution in [0.3, 0.4) is 0 Å². The highest BCUT2D eigenvalue weighted by atomic mass is 16.4. The summed E-state index contributed by atoms with van der Waals surface area (Å²) in [5.41, 5.74) is 0.541. The normalized spacial score (nSPS) is 20.2. The van der Waals surface area contributed by atoms with Crippen LogP contribution in [-0.2, 0) is 4.79 Å². The summed E-state index contributed by atoms with van der Waals surface area (Å²) in [4.78, 5) is 12.9. The number of rotatable bonds is 7. The number of aliphatic carboxylic acids is 1. The lowest BCUT2D eigenvalue weighted by atomic mass is 9.75. The average Bonchev–Trinajstić information content (AvgIpc) is 2.27. The maximum atomic E-state index is 10.4. The minimum absolute atomic E-state index is 0.321. The van der Waals surface area contributed by atoms with Crippen LogP contribution in [0, 0.1) is 5.41 Å². The Morgan fingerprint density at radius 1 is 1.22 bits per heavy atom. The van der Waals surface area contributed by atoms with Crippen LogP contribution in [0.1, 0.15) is 65.2 Å². The van der Waals surface area contributed by atoms with Gasteiger partial charge in [-0.1, -0.05) is 20.3 Å². The van der Waals surface area contributed by atoms with Crippen molar-refractivity contribution in [3.8, 4) is 0 Å². The average molecular weight is 255 g/mol. The second kappa shape index (κ2) is 7.13. The highest BCUT2D eigenvalue weighted by Gasteiger charge is 2.28. The smallest absolute Gasteiger partial charge is 0.303 e. The molecule has 3 nitrogen and oxygen atoms in total. The monoisotopic (exact) mass is 255 g/mol. The van der Waals surface area contributed by atoms with Crippen molar-refractivity contribution in [3.63, 3.8) is 0 Å². The molecule has 0 amide bonds. The lowest BCUT2D eigenvalue weighted by Gasteiger charge is -2.38. The minimum Gasteiger partial charge on any atom is -0.481 e. The van der Waals surface area contributed by atoms with Gasteiger partial charge in [-0.15, -0.1) is 0 Å². The molecule has 1 N–H and O–H groups in total. The zero-order valence-electron chi connectivity index (χ0n) is 12.2. The SMILES string of the molecule is CN(CCCCCC(=O)O)C1CCC(C)(C)CC1. The van der Waals surface area contributed by atoms with E-state index in [1.54, 1.807) is 0 Å². The number of carboxylic acids is 1. The van der Waals surface area contributed by atoms with Gasteiger partial charge in [-0.25, -0.2) is 0 Å². The van der Waals surface area contributed by atoms with Crippen molar-refractivity contribution in [3.05, 3.63) is 0 Å². The highest BCUT2D eigenvalue weighted by molar-refractivity contribution is 5.66. The third-order valence-corrected chi connectivity index (χ3v) is 4.33. The van der Waals surface area contributed by atoms with Crippen molar-refractivity contribution in [1.29, 1.82) is 0 Å². The minimum atomic E-state index is -0.669. The van der Waals surface area contributed by atoms with Gasteiger partial charge in [-0.2, -0.15) is 0 Å². The lowest BCUT2D eigenvalue weighted by Crippen LogP contribution is -2.37. The molecule has 0 unspecified atom stereocenters. The Morgan fingerprint density at radius 2 is 1.83 bits per heavy atom. The summed E-state index contributed by atoms with van der Waals surface area (Å²) in [5, 5.41) is 8.56. The van der Waals surface area contributed by atoms with Crippen LogP contribution < -0.4 is 0 Å². The highest BCUT2D eigenvalue weighted by Crippen LogP contribution is 2.36. The van der Waals surface area contributed by atoms with Gasteiger partial charge in [0.25, 0.3) is 0 Å². The molecule has 18 heavy (non-hydrogen) atoms. The van der Waals surface area contributed by atoms with Crippen LogP contribution in [0.4, 0.5) is 0 Å². The van der Waals surface area contributed by atoms with E-state index < -0.39 is 5.97 Å². The number of hydrogen-bond donors (Lipinski definition) is 1. The summed E-state index contributed by atoms with van der Waals surface area (Å²) in [7, 11) is 2.22. The Hall–Kier alpha value is -0.570. The zero-order chi connectivity index (χ0) is 13.6. The molecule has 0 bridgehead atoms. The summed E-state index contributed by atoms with van der Waals surface area (Å²) in [6.45, 7) is 5.86. The van der Waals surface area contributed by atoms with Gasteiger partial charge in [0.2, 0.25) is 0 Å². The number of hydrogen-bond acceptors (Lipinski definition) is 2. The van der Waals surface area contributed by atoms with Crippen LogP contribution in [-0.4, -0.2) is 35.6 Å². The van der Waals surface area contributed by atoms with Crippen molar-refractivity contribution >= 4 is 5.97 Å². The molecule has 0 aromatic rings. The molecule has 1 saturated carbocycles. The molecule has 0 aromatic carbocycles. The second-order valence-corrected chi connectivity index (χ2v) is 6.58. The van der Waals surface area contributed by atoms with Gasteiger partial charge in [0, 0.05) is 12.5 Å². The summed E-state index contributed by atoms with van der Waals surface area (Å²) < 4.78 is 0. The first-order chi connectivity index (χ1) is 8.41. The third-order valence-electron chi connectivity index (χ3n) is 4.33. The van der Waals surface area contributed by atoms with Gasteiger partial charge in [0.05, 0.1) is 0 Å². The summed E-state index contributed by atoms with van der Waals surface area (Å²) in [6.07, 6.45) is 8.61. The van der Waals surface area contributed by atoms with Gasteiger partial charge >= 0.3 is 5.97 Å². The number of nitrogens with zero attached hydrogens (tertiary/aromatic N) is 1. The molecule has 0 aromatic heterocycles. The third kappa shape index (κ3) is 5.85. The molecule has 106 valence electrons. The standard InChI is InChI=1S/C15H29NO2/c1-15(2)10-8-13(9-11-15)16(3)12-6-4-5-7-14(17)18/h13H,4-12H2,1-3H3,(H,17,18). The van der Waals surface area contributed by atoms with Crippen molar-refractivity contribution < 1.29 is 9.90 Å². The predicted octanol–water partition coefficient (Wildman–Crippen LogP) is 3.53. The van der Waals surface area contributed by atoms with E-state index in [1.165, 1.54) is 25.7 Å². The molecule has 0 atom stereocenters. The Bertz CT molecular complexity index is 253. The molecule has 0 radical (unpaired) electrons. The van der Waals surface area contributed by atoms with Crippen LogP contribution in [0.2, 0.25) is 0 Å². The molecule has 0 spiro atoms. The lowest BCUT2D eigenvalue weighted by molar-refractivity contribution is -0.137. The molecule has 0 aliphatic heterocycles. The molecular formula is C15H29NO2. The van der Waals surface area contributed by atoms with Crippen molar-refractivity contribution in [1.82, 2.24) is 4.90 Å². The van der Waals surface area contributed by atoms with Crippen molar-refractivity contribution in [2.75, 3.05) is 13.6 Å². The molecule has 3 heteroatoms.